The molecule has 0 aliphatic heterocycles. The first kappa shape index (κ1) is 23.5. The zero-order valence-corrected chi connectivity index (χ0v) is 17.6. The number of hydrogen-bond donors (Lipinski definition) is 2. The van der Waals surface area contributed by atoms with Crippen LogP contribution in [0.15, 0.2) is 35.0 Å². The lowest BCUT2D eigenvalue weighted by Gasteiger charge is -2.15. The van der Waals surface area contributed by atoms with Crippen LogP contribution in [0.2, 0.25) is 0 Å². The summed E-state index contributed by atoms with van der Waals surface area (Å²) in [5.41, 5.74) is 2.25. The van der Waals surface area contributed by atoms with Crippen LogP contribution in [0.5, 0.6) is 5.88 Å². The fraction of sp³-hybridized carbons (Fsp3) is 0.556. The number of nitrogens with zero attached hydrogens (tertiary/aromatic N) is 2. The van der Waals surface area contributed by atoms with Crippen molar-refractivity contribution in [2.75, 3.05) is 20.2 Å². The summed E-state index contributed by atoms with van der Waals surface area (Å²) in [6, 6.07) is 3.20. The van der Waals surface area contributed by atoms with Gasteiger partial charge < -0.3 is 15.4 Å². The van der Waals surface area contributed by atoms with Crippen LogP contribution in [-0.4, -0.2) is 37.3 Å². The number of nitrogens with one attached hydrogen (secondary N) is 2. The molecule has 0 fully saturated rings. The van der Waals surface area contributed by atoms with E-state index in [0.717, 1.165) is 18.5 Å². The zero-order chi connectivity index (χ0) is 18.8. The standard InChI is InChI=1S/C18H25F3N4O.HI/c1-22-17(24-10-7-14-5-3-2-4-6-14)25-12-15-8-9-23-16(11-15)26-13-18(19,20)21;/h5,8-9,11H,2-4,6-7,10,12-13H2,1H3,(H2,22,24,25);1H. The molecule has 2 rings (SSSR count). The molecule has 0 atom stereocenters. The van der Waals surface area contributed by atoms with Crippen LogP contribution in [0.1, 0.15) is 37.7 Å². The van der Waals surface area contributed by atoms with Crippen molar-refractivity contribution >= 4 is 29.9 Å². The molecule has 152 valence electrons. The van der Waals surface area contributed by atoms with E-state index in [-0.39, 0.29) is 29.9 Å². The zero-order valence-electron chi connectivity index (χ0n) is 15.3. The predicted molar refractivity (Wildman–Crippen MR) is 111 cm³/mol. The van der Waals surface area contributed by atoms with Gasteiger partial charge in [0.25, 0.3) is 0 Å². The first-order chi connectivity index (χ1) is 12.5. The minimum Gasteiger partial charge on any atom is -0.468 e. The van der Waals surface area contributed by atoms with Gasteiger partial charge in [0.1, 0.15) is 0 Å². The van der Waals surface area contributed by atoms with Gasteiger partial charge in [-0.05, 0) is 43.7 Å². The molecule has 0 saturated heterocycles. The first-order valence-corrected chi connectivity index (χ1v) is 8.73. The van der Waals surface area contributed by atoms with Crippen molar-refractivity contribution in [1.29, 1.82) is 0 Å². The van der Waals surface area contributed by atoms with Crippen molar-refractivity contribution in [1.82, 2.24) is 15.6 Å². The lowest BCUT2D eigenvalue weighted by Crippen LogP contribution is -2.37. The maximum absolute atomic E-state index is 12.2. The summed E-state index contributed by atoms with van der Waals surface area (Å²) >= 11 is 0. The Balaban J connectivity index is 0.00000364. The van der Waals surface area contributed by atoms with Crippen molar-refractivity contribution in [3.8, 4) is 5.88 Å². The van der Waals surface area contributed by atoms with E-state index in [1.165, 1.54) is 43.5 Å². The minimum absolute atomic E-state index is 0. The summed E-state index contributed by atoms with van der Waals surface area (Å²) < 4.78 is 41.3. The highest BCUT2D eigenvalue weighted by molar-refractivity contribution is 14.0. The van der Waals surface area contributed by atoms with Gasteiger partial charge >= 0.3 is 6.18 Å². The minimum atomic E-state index is -4.38. The molecule has 0 unspecified atom stereocenters. The number of ether oxygens (including phenoxy) is 1. The third-order valence-corrected chi connectivity index (χ3v) is 3.99. The second-order valence-electron chi connectivity index (χ2n) is 6.12. The van der Waals surface area contributed by atoms with Gasteiger partial charge in [0, 0.05) is 32.4 Å². The summed E-state index contributed by atoms with van der Waals surface area (Å²) in [6.45, 7) is -0.148. The van der Waals surface area contributed by atoms with E-state index >= 15 is 0 Å². The monoisotopic (exact) mass is 498 g/mol. The van der Waals surface area contributed by atoms with Gasteiger partial charge in [-0.25, -0.2) is 4.98 Å². The number of halogens is 4. The average Bonchev–Trinajstić information content (AvgIpc) is 2.63. The lowest BCUT2D eigenvalue weighted by atomic mass is 9.97. The molecule has 1 aromatic rings. The molecular formula is C18H26F3IN4O. The number of guanidine groups is 1. The molecule has 0 spiro atoms. The van der Waals surface area contributed by atoms with Gasteiger partial charge in [0.2, 0.25) is 5.88 Å². The van der Waals surface area contributed by atoms with Crippen molar-refractivity contribution in [3.05, 3.63) is 35.5 Å². The number of hydrogen-bond acceptors (Lipinski definition) is 3. The number of allylic oxidation sites excluding steroid dienone is 1. The summed E-state index contributed by atoms with van der Waals surface area (Å²) in [6.07, 6.45) is 5.24. The molecule has 1 aliphatic carbocycles. The number of aliphatic imine (C=N–C) groups is 1. The highest BCUT2D eigenvalue weighted by atomic mass is 127. The van der Waals surface area contributed by atoms with Gasteiger partial charge in [-0.15, -0.1) is 24.0 Å². The fourth-order valence-corrected chi connectivity index (χ4v) is 2.67. The molecule has 2 N–H and O–H groups in total. The summed E-state index contributed by atoms with van der Waals surface area (Å²) in [7, 11) is 1.68. The summed E-state index contributed by atoms with van der Waals surface area (Å²) in [5.74, 6) is 0.602. The Hall–Kier alpha value is -1.52. The number of alkyl halides is 3. The Morgan fingerprint density at radius 2 is 2.11 bits per heavy atom. The molecule has 1 aromatic heterocycles. The van der Waals surface area contributed by atoms with Crippen LogP contribution < -0.4 is 15.4 Å². The molecule has 1 heterocycles. The van der Waals surface area contributed by atoms with Crippen molar-refractivity contribution in [2.24, 2.45) is 4.99 Å². The van der Waals surface area contributed by atoms with E-state index in [4.69, 9.17) is 0 Å². The molecule has 0 aromatic carbocycles. The Morgan fingerprint density at radius 3 is 2.78 bits per heavy atom. The predicted octanol–water partition coefficient (Wildman–Crippen LogP) is 4.20. The second kappa shape index (κ2) is 12.0. The average molecular weight is 498 g/mol. The summed E-state index contributed by atoms with van der Waals surface area (Å²) in [4.78, 5) is 7.95. The van der Waals surface area contributed by atoms with E-state index in [1.54, 1.807) is 13.1 Å². The molecule has 1 aliphatic rings. The molecule has 27 heavy (non-hydrogen) atoms. The van der Waals surface area contributed by atoms with E-state index in [2.05, 4.69) is 31.4 Å². The Morgan fingerprint density at radius 1 is 1.30 bits per heavy atom. The highest BCUT2D eigenvalue weighted by Crippen LogP contribution is 2.19. The topological polar surface area (TPSA) is 58.5 Å². The SMILES string of the molecule is CN=C(NCCC1=CCCCC1)NCc1ccnc(OCC(F)(F)F)c1.I. The van der Waals surface area contributed by atoms with Crippen LogP contribution in [0.4, 0.5) is 13.2 Å². The molecule has 0 bridgehead atoms. The Kier molecular flexibility index (Phi) is 10.5. The fourth-order valence-electron chi connectivity index (χ4n) is 2.67. The van der Waals surface area contributed by atoms with E-state index in [1.807, 2.05) is 0 Å². The molecule has 9 heteroatoms. The van der Waals surface area contributed by atoms with Crippen LogP contribution in [0.3, 0.4) is 0 Å². The van der Waals surface area contributed by atoms with Gasteiger partial charge in [0.05, 0.1) is 0 Å². The van der Waals surface area contributed by atoms with Crippen LogP contribution in [-0.2, 0) is 6.54 Å². The van der Waals surface area contributed by atoms with Gasteiger partial charge in [0.15, 0.2) is 12.6 Å². The largest absolute Gasteiger partial charge is 0.468 e. The van der Waals surface area contributed by atoms with Crippen molar-refractivity contribution in [3.63, 3.8) is 0 Å². The van der Waals surface area contributed by atoms with E-state index in [9.17, 15) is 13.2 Å². The number of rotatable bonds is 7. The van der Waals surface area contributed by atoms with Crippen LogP contribution in [0, 0.1) is 0 Å². The normalized spacial score (nSPS) is 14.8. The Bertz CT molecular complexity index is 635. The third-order valence-electron chi connectivity index (χ3n) is 3.99. The van der Waals surface area contributed by atoms with Crippen molar-refractivity contribution < 1.29 is 17.9 Å². The number of pyridine rings is 1. The van der Waals surface area contributed by atoms with E-state index in [0.29, 0.717) is 12.5 Å². The first-order valence-electron chi connectivity index (χ1n) is 8.73. The summed E-state index contributed by atoms with van der Waals surface area (Å²) in [5, 5.41) is 6.39. The maximum Gasteiger partial charge on any atom is 0.422 e. The van der Waals surface area contributed by atoms with Crippen LogP contribution in [0.25, 0.3) is 0 Å². The molecule has 0 amide bonds. The highest BCUT2D eigenvalue weighted by Gasteiger charge is 2.28. The smallest absolute Gasteiger partial charge is 0.422 e. The number of aromatic nitrogens is 1. The second-order valence-corrected chi connectivity index (χ2v) is 6.12. The maximum atomic E-state index is 12.2. The van der Waals surface area contributed by atoms with Gasteiger partial charge in [-0.3, -0.25) is 4.99 Å². The van der Waals surface area contributed by atoms with Crippen LogP contribution >= 0.6 is 24.0 Å². The quantitative estimate of drug-likeness (QED) is 0.256. The lowest BCUT2D eigenvalue weighted by molar-refractivity contribution is -0.154. The molecule has 0 saturated carbocycles. The molecule has 0 radical (unpaired) electrons. The third kappa shape index (κ3) is 9.83. The Labute approximate surface area is 174 Å². The van der Waals surface area contributed by atoms with E-state index < -0.39 is 12.8 Å². The van der Waals surface area contributed by atoms with Gasteiger partial charge in [-0.1, -0.05) is 11.6 Å². The van der Waals surface area contributed by atoms with Crippen molar-refractivity contribution in [2.45, 2.75) is 44.8 Å². The molecular weight excluding hydrogens is 472 g/mol. The molecule has 5 nitrogen and oxygen atoms in total. The van der Waals surface area contributed by atoms with Gasteiger partial charge in [-0.2, -0.15) is 13.2 Å².